The van der Waals surface area contributed by atoms with E-state index in [1.165, 1.54) is 12.1 Å². The highest BCUT2D eigenvalue weighted by Crippen LogP contribution is 2.17. The van der Waals surface area contributed by atoms with E-state index in [1.54, 1.807) is 6.92 Å². The minimum Gasteiger partial charge on any atom is -0.349 e. The summed E-state index contributed by atoms with van der Waals surface area (Å²) in [5.74, 6) is -1.52. The van der Waals surface area contributed by atoms with Gasteiger partial charge in [-0.1, -0.05) is 19.4 Å². The van der Waals surface area contributed by atoms with Gasteiger partial charge in [0.25, 0.3) is 0 Å². The number of nitrogens with one attached hydrogen (secondary N) is 1. The van der Waals surface area contributed by atoms with Gasteiger partial charge in [-0.15, -0.1) is 0 Å². The Hall–Kier alpha value is -1.49. The Morgan fingerprint density at radius 3 is 2.68 bits per heavy atom. The Bertz CT molecular complexity index is 437. The maximum absolute atomic E-state index is 13.5. The van der Waals surface area contributed by atoms with Gasteiger partial charge in [0.15, 0.2) is 0 Å². The molecule has 0 saturated heterocycles. The quantitative estimate of drug-likeness (QED) is 0.835. The first-order chi connectivity index (χ1) is 8.93. The maximum Gasteiger partial charge on any atom is 0.222 e. The monoisotopic (exact) mass is 270 g/mol. The summed E-state index contributed by atoms with van der Waals surface area (Å²) in [5.41, 5.74) is 6.03. The van der Waals surface area contributed by atoms with E-state index in [0.29, 0.717) is 0 Å². The highest BCUT2D eigenvalue weighted by molar-refractivity contribution is 5.77. The van der Waals surface area contributed by atoms with Crippen LogP contribution in [0.5, 0.6) is 0 Å². The van der Waals surface area contributed by atoms with E-state index in [2.05, 4.69) is 5.32 Å². The summed E-state index contributed by atoms with van der Waals surface area (Å²) in [6.07, 6.45) is 1.89. The molecule has 0 fully saturated rings. The highest BCUT2D eigenvalue weighted by Gasteiger charge is 2.15. The third-order valence-corrected chi connectivity index (χ3v) is 2.91. The highest BCUT2D eigenvalue weighted by atomic mass is 19.1. The molecule has 0 saturated carbocycles. The zero-order chi connectivity index (χ0) is 14.4. The van der Waals surface area contributed by atoms with E-state index in [1.807, 2.05) is 6.92 Å². The van der Waals surface area contributed by atoms with Gasteiger partial charge in [0, 0.05) is 24.1 Å². The molecule has 1 rings (SSSR count). The van der Waals surface area contributed by atoms with Crippen molar-refractivity contribution in [3.63, 3.8) is 0 Å². The number of rotatable bonds is 6. The minimum absolute atomic E-state index is 0.185. The first-order valence-electron chi connectivity index (χ1n) is 6.44. The molecule has 3 N–H and O–H groups in total. The lowest BCUT2D eigenvalue weighted by atomic mass is 10.1. The van der Waals surface area contributed by atoms with Crippen LogP contribution in [0.2, 0.25) is 0 Å². The smallest absolute Gasteiger partial charge is 0.222 e. The van der Waals surface area contributed by atoms with Gasteiger partial charge in [0.1, 0.15) is 11.6 Å². The Balaban J connectivity index is 2.59. The van der Waals surface area contributed by atoms with Crippen molar-refractivity contribution < 1.29 is 13.6 Å². The summed E-state index contributed by atoms with van der Waals surface area (Å²) in [5, 5.41) is 2.66. The summed E-state index contributed by atoms with van der Waals surface area (Å²) in [6.45, 7) is 3.65. The molecule has 0 spiro atoms. The number of hydrogen-bond acceptors (Lipinski definition) is 2. The van der Waals surface area contributed by atoms with Crippen molar-refractivity contribution in [2.45, 2.75) is 45.2 Å². The Kier molecular flexibility index (Phi) is 5.89. The topological polar surface area (TPSA) is 55.1 Å². The SMILES string of the molecule is CCCC(N)CC(=O)NC(C)c1ccc(F)cc1F. The van der Waals surface area contributed by atoms with Crippen LogP contribution in [0.15, 0.2) is 18.2 Å². The van der Waals surface area contributed by atoms with Gasteiger partial charge in [0.05, 0.1) is 6.04 Å². The second-order valence-electron chi connectivity index (χ2n) is 4.71. The molecule has 2 atom stereocenters. The fourth-order valence-electron chi connectivity index (χ4n) is 1.94. The van der Waals surface area contributed by atoms with Gasteiger partial charge in [-0.25, -0.2) is 8.78 Å². The van der Waals surface area contributed by atoms with Crippen molar-refractivity contribution in [3.05, 3.63) is 35.4 Å². The molecule has 2 unspecified atom stereocenters. The van der Waals surface area contributed by atoms with Gasteiger partial charge < -0.3 is 11.1 Å². The molecule has 0 aliphatic heterocycles. The number of halogens is 2. The van der Waals surface area contributed by atoms with Crippen LogP contribution in [-0.2, 0) is 4.79 Å². The van der Waals surface area contributed by atoms with Gasteiger partial charge in [-0.2, -0.15) is 0 Å². The van der Waals surface area contributed by atoms with Crippen LogP contribution in [0, 0.1) is 11.6 Å². The Morgan fingerprint density at radius 1 is 1.42 bits per heavy atom. The molecule has 3 nitrogen and oxygen atoms in total. The maximum atomic E-state index is 13.5. The molecule has 0 aliphatic rings. The van der Waals surface area contributed by atoms with E-state index in [0.717, 1.165) is 18.9 Å². The average molecular weight is 270 g/mol. The van der Waals surface area contributed by atoms with Gasteiger partial charge in [-0.3, -0.25) is 4.79 Å². The molecular formula is C14H20F2N2O. The molecular weight excluding hydrogens is 250 g/mol. The third-order valence-electron chi connectivity index (χ3n) is 2.91. The number of amides is 1. The minimum atomic E-state index is -0.661. The van der Waals surface area contributed by atoms with E-state index >= 15 is 0 Å². The van der Waals surface area contributed by atoms with Crippen molar-refractivity contribution in [3.8, 4) is 0 Å². The molecule has 106 valence electrons. The predicted octanol–water partition coefficient (Wildman–Crippen LogP) is 2.66. The summed E-state index contributed by atoms with van der Waals surface area (Å²) < 4.78 is 26.3. The number of carbonyl (C=O) groups excluding carboxylic acids is 1. The summed E-state index contributed by atoms with van der Waals surface area (Å²) in [4.78, 5) is 11.7. The lowest BCUT2D eigenvalue weighted by Crippen LogP contribution is -2.33. The van der Waals surface area contributed by atoms with E-state index < -0.39 is 17.7 Å². The Labute approximate surface area is 112 Å². The van der Waals surface area contributed by atoms with Crippen molar-refractivity contribution in [2.24, 2.45) is 5.73 Å². The molecule has 0 aliphatic carbocycles. The van der Waals surface area contributed by atoms with Crippen LogP contribution < -0.4 is 11.1 Å². The number of carbonyl (C=O) groups is 1. The molecule has 5 heteroatoms. The molecule has 1 amide bonds. The molecule has 0 aromatic heterocycles. The van der Waals surface area contributed by atoms with Crippen molar-refractivity contribution in [2.75, 3.05) is 0 Å². The third kappa shape index (κ3) is 4.95. The Morgan fingerprint density at radius 2 is 2.11 bits per heavy atom. The zero-order valence-corrected chi connectivity index (χ0v) is 11.2. The van der Waals surface area contributed by atoms with Gasteiger partial charge in [0.2, 0.25) is 5.91 Å². The van der Waals surface area contributed by atoms with E-state index in [4.69, 9.17) is 5.73 Å². The first kappa shape index (κ1) is 15.6. The van der Waals surface area contributed by atoms with Crippen LogP contribution in [0.25, 0.3) is 0 Å². The molecule has 0 radical (unpaired) electrons. The molecule has 1 aromatic rings. The lowest BCUT2D eigenvalue weighted by molar-refractivity contribution is -0.122. The molecule has 0 heterocycles. The van der Waals surface area contributed by atoms with Crippen molar-refractivity contribution in [1.82, 2.24) is 5.32 Å². The van der Waals surface area contributed by atoms with E-state index in [9.17, 15) is 13.6 Å². The average Bonchev–Trinajstić information content (AvgIpc) is 2.28. The summed E-state index contributed by atoms with van der Waals surface area (Å²) in [6, 6.07) is 2.61. The van der Waals surface area contributed by atoms with E-state index in [-0.39, 0.29) is 23.9 Å². The summed E-state index contributed by atoms with van der Waals surface area (Å²) >= 11 is 0. The number of benzene rings is 1. The zero-order valence-electron chi connectivity index (χ0n) is 11.2. The van der Waals surface area contributed by atoms with Crippen LogP contribution >= 0.6 is 0 Å². The second kappa shape index (κ2) is 7.19. The fraction of sp³-hybridized carbons (Fsp3) is 0.500. The predicted molar refractivity (Wildman–Crippen MR) is 70.4 cm³/mol. The summed E-state index contributed by atoms with van der Waals surface area (Å²) in [7, 11) is 0. The van der Waals surface area contributed by atoms with Crippen LogP contribution in [-0.4, -0.2) is 11.9 Å². The van der Waals surface area contributed by atoms with Gasteiger partial charge in [-0.05, 0) is 19.4 Å². The van der Waals surface area contributed by atoms with Crippen LogP contribution in [0.3, 0.4) is 0 Å². The lowest BCUT2D eigenvalue weighted by Gasteiger charge is -2.17. The van der Waals surface area contributed by atoms with Crippen LogP contribution in [0.4, 0.5) is 8.78 Å². The molecule has 19 heavy (non-hydrogen) atoms. The number of hydrogen-bond donors (Lipinski definition) is 2. The fourth-order valence-corrected chi connectivity index (χ4v) is 1.94. The van der Waals surface area contributed by atoms with Gasteiger partial charge >= 0.3 is 0 Å². The number of nitrogens with two attached hydrogens (primary N) is 1. The molecule has 0 bridgehead atoms. The standard InChI is InChI=1S/C14H20F2N2O/c1-3-4-11(17)8-14(19)18-9(2)12-6-5-10(15)7-13(12)16/h5-7,9,11H,3-4,8,17H2,1-2H3,(H,18,19). The van der Waals surface area contributed by atoms with Crippen molar-refractivity contribution in [1.29, 1.82) is 0 Å². The van der Waals surface area contributed by atoms with Crippen molar-refractivity contribution >= 4 is 5.91 Å². The first-order valence-corrected chi connectivity index (χ1v) is 6.44. The largest absolute Gasteiger partial charge is 0.349 e. The van der Waals surface area contributed by atoms with Crippen LogP contribution in [0.1, 0.15) is 44.7 Å². The normalized spacial score (nSPS) is 13.9. The second-order valence-corrected chi connectivity index (χ2v) is 4.71. The molecule has 1 aromatic carbocycles.